The van der Waals surface area contributed by atoms with Crippen LogP contribution in [0.2, 0.25) is 0 Å². The van der Waals surface area contributed by atoms with Gasteiger partial charge in [0.05, 0.1) is 5.69 Å². The molecule has 2 heterocycles. The lowest BCUT2D eigenvalue weighted by atomic mass is 10.0. The second-order valence-corrected chi connectivity index (χ2v) is 9.92. The van der Waals surface area contributed by atoms with Crippen LogP contribution < -0.4 is 10.9 Å². The van der Waals surface area contributed by atoms with Crippen LogP contribution in [0.3, 0.4) is 0 Å². The molecule has 2 aromatic heterocycles. The molecule has 3 aromatic carbocycles. The summed E-state index contributed by atoms with van der Waals surface area (Å²) in [6, 6.07) is 28.8. The molecule has 0 aliphatic rings. The zero-order chi connectivity index (χ0) is 27.2. The van der Waals surface area contributed by atoms with Crippen LogP contribution >= 0.6 is 0 Å². The van der Waals surface area contributed by atoms with Gasteiger partial charge in [-0.05, 0) is 65.4 Å². The molecule has 1 amide bonds. The highest BCUT2D eigenvalue weighted by Gasteiger charge is 2.14. The maximum Gasteiger partial charge on any atom is 0.278 e. The second-order valence-electron chi connectivity index (χ2n) is 9.92. The van der Waals surface area contributed by atoms with Crippen molar-refractivity contribution in [2.45, 2.75) is 26.7 Å². The highest BCUT2D eigenvalue weighted by molar-refractivity contribution is 6.02. The van der Waals surface area contributed by atoms with Crippen LogP contribution in [0.1, 0.15) is 36.2 Å². The zero-order valence-electron chi connectivity index (χ0n) is 22.0. The van der Waals surface area contributed by atoms with Gasteiger partial charge in [0.25, 0.3) is 5.56 Å². The molecule has 0 bridgehead atoms. The van der Waals surface area contributed by atoms with Gasteiger partial charge in [-0.2, -0.15) is 0 Å². The van der Waals surface area contributed by atoms with E-state index in [1.54, 1.807) is 41.1 Å². The first-order valence-electron chi connectivity index (χ1n) is 13.1. The summed E-state index contributed by atoms with van der Waals surface area (Å²) in [4.78, 5) is 35.4. The number of carbonyl (C=O) groups is 1. The van der Waals surface area contributed by atoms with Crippen molar-refractivity contribution in [2.24, 2.45) is 5.92 Å². The Balaban J connectivity index is 1.40. The largest absolute Gasteiger partial charge is 0.322 e. The van der Waals surface area contributed by atoms with Gasteiger partial charge in [-0.15, -0.1) is 0 Å². The minimum Gasteiger partial charge on any atom is -0.322 e. The van der Waals surface area contributed by atoms with Crippen LogP contribution in [0.5, 0.6) is 0 Å². The van der Waals surface area contributed by atoms with E-state index in [1.807, 2.05) is 54.6 Å². The molecule has 5 rings (SSSR count). The molecule has 0 unspecified atom stereocenters. The molecule has 0 saturated heterocycles. The molecule has 0 atom stereocenters. The summed E-state index contributed by atoms with van der Waals surface area (Å²) < 4.78 is 1.56. The van der Waals surface area contributed by atoms with Gasteiger partial charge in [0.15, 0.2) is 5.65 Å². The highest BCUT2D eigenvalue weighted by Crippen LogP contribution is 2.19. The number of rotatable bonds is 8. The van der Waals surface area contributed by atoms with Crippen LogP contribution in [0.4, 0.5) is 5.69 Å². The van der Waals surface area contributed by atoms with Crippen molar-refractivity contribution >= 4 is 28.8 Å². The molecule has 0 radical (unpaired) electrons. The molecule has 0 aliphatic carbocycles. The summed E-state index contributed by atoms with van der Waals surface area (Å²) in [5, 5.41) is 2.90. The van der Waals surface area contributed by atoms with E-state index >= 15 is 0 Å². The van der Waals surface area contributed by atoms with E-state index in [0.29, 0.717) is 40.6 Å². The van der Waals surface area contributed by atoms with Crippen LogP contribution in [0.15, 0.2) is 108 Å². The number of amides is 1. The predicted octanol–water partition coefficient (Wildman–Crippen LogP) is 6.22. The van der Waals surface area contributed by atoms with Gasteiger partial charge >= 0.3 is 0 Å². The molecule has 6 heteroatoms. The third-order valence-electron chi connectivity index (χ3n) is 6.32. The molecule has 1 N–H and O–H groups in total. The highest BCUT2D eigenvalue weighted by atomic mass is 16.1. The number of carbonyl (C=O) groups excluding carboxylic acids is 1. The maximum absolute atomic E-state index is 13.6. The first-order valence-corrected chi connectivity index (χ1v) is 13.1. The molecule has 0 aliphatic heterocycles. The molecular weight excluding hydrogens is 484 g/mol. The molecule has 5 aromatic rings. The number of anilines is 1. The van der Waals surface area contributed by atoms with Gasteiger partial charge in [0.2, 0.25) is 5.91 Å². The minimum absolute atomic E-state index is 0.241. The third kappa shape index (κ3) is 6.36. The molecule has 194 valence electrons. The predicted molar refractivity (Wildman–Crippen MR) is 157 cm³/mol. The Morgan fingerprint density at radius 3 is 2.49 bits per heavy atom. The Kier molecular flexibility index (Phi) is 7.73. The van der Waals surface area contributed by atoms with Crippen molar-refractivity contribution in [3.63, 3.8) is 0 Å². The Morgan fingerprint density at radius 2 is 1.72 bits per heavy atom. The van der Waals surface area contributed by atoms with Gasteiger partial charge in [-0.25, -0.2) is 9.97 Å². The molecule has 39 heavy (non-hydrogen) atoms. The summed E-state index contributed by atoms with van der Waals surface area (Å²) >= 11 is 0. The smallest absolute Gasteiger partial charge is 0.278 e. The van der Waals surface area contributed by atoms with E-state index in [0.717, 1.165) is 17.5 Å². The zero-order valence-corrected chi connectivity index (χ0v) is 22.0. The van der Waals surface area contributed by atoms with Crippen molar-refractivity contribution in [1.29, 1.82) is 0 Å². The van der Waals surface area contributed by atoms with Gasteiger partial charge < -0.3 is 5.32 Å². The lowest BCUT2D eigenvalue weighted by Crippen LogP contribution is -2.25. The standard InChI is InChI=1S/C33H30N4O2/c1-23(2)20-26-15-13-24(14-16-26)17-18-31(38)35-27-10-6-11-28(22-27)37-32-29(12-7-19-34-32)36-30(33(37)39)21-25-8-4-3-5-9-25/h3-19,22-23H,20-21H2,1-2H3,(H,35,38)/b18-17+. The summed E-state index contributed by atoms with van der Waals surface area (Å²) in [5.74, 6) is 0.341. The quantitative estimate of drug-likeness (QED) is 0.249. The van der Waals surface area contributed by atoms with E-state index in [2.05, 4.69) is 41.3 Å². The van der Waals surface area contributed by atoms with Crippen LogP contribution in [-0.4, -0.2) is 20.4 Å². The maximum atomic E-state index is 13.6. The van der Waals surface area contributed by atoms with Gasteiger partial charge in [0, 0.05) is 24.4 Å². The number of aromatic nitrogens is 3. The topological polar surface area (TPSA) is 76.9 Å². The SMILES string of the molecule is CC(C)Cc1ccc(/C=C/C(=O)Nc2cccc(-n3c(=O)c(Cc4ccccc4)nc4cccnc43)c2)cc1. The van der Waals surface area contributed by atoms with Gasteiger partial charge in [-0.3, -0.25) is 14.2 Å². The molecule has 6 nitrogen and oxygen atoms in total. The van der Waals surface area contributed by atoms with Gasteiger partial charge in [-0.1, -0.05) is 74.5 Å². The third-order valence-corrected chi connectivity index (χ3v) is 6.32. The summed E-state index contributed by atoms with van der Waals surface area (Å²) in [5.41, 5.74) is 5.69. The van der Waals surface area contributed by atoms with Crippen LogP contribution in [0, 0.1) is 5.92 Å². The van der Waals surface area contributed by atoms with Crippen molar-refractivity contribution in [1.82, 2.24) is 14.5 Å². The van der Waals surface area contributed by atoms with Crippen molar-refractivity contribution < 1.29 is 4.79 Å². The number of benzene rings is 3. The first kappa shape index (κ1) is 25.8. The first-order chi connectivity index (χ1) is 19.0. The molecular formula is C33H30N4O2. The van der Waals surface area contributed by atoms with Crippen LogP contribution in [0.25, 0.3) is 22.9 Å². The number of fused-ring (bicyclic) bond motifs is 1. The normalized spacial score (nSPS) is 11.4. The fraction of sp³-hybridized carbons (Fsp3) is 0.152. The molecule has 0 saturated carbocycles. The summed E-state index contributed by atoms with van der Waals surface area (Å²) in [6.45, 7) is 4.39. The summed E-state index contributed by atoms with van der Waals surface area (Å²) in [6.07, 6.45) is 6.38. The Bertz CT molecular complexity index is 1690. The van der Waals surface area contributed by atoms with Crippen molar-refractivity contribution in [2.75, 3.05) is 5.32 Å². The van der Waals surface area contributed by atoms with E-state index in [9.17, 15) is 9.59 Å². The van der Waals surface area contributed by atoms with Gasteiger partial charge in [0.1, 0.15) is 11.2 Å². The Hall–Kier alpha value is -4.84. The Labute approximate surface area is 227 Å². The van der Waals surface area contributed by atoms with E-state index in [4.69, 9.17) is 0 Å². The average Bonchev–Trinajstić information content (AvgIpc) is 2.93. The molecule has 0 spiro atoms. The summed E-state index contributed by atoms with van der Waals surface area (Å²) in [7, 11) is 0. The van der Waals surface area contributed by atoms with E-state index in [-0.39, 0.29) is 11.5 Å². The van der Waals surface area contributed by atoms with Crippen molar-refractivity contribution in [3.8, 4) is 5.69 Å². The van der Waals surface area contributed by atoms with E-state index in [1.165, 1.54) is 11.6 Å². The van der Waals surface area contributed by atoms with E-state index < -0.39 is 0 Å². The van der Waals surface area contributed by atoms with Crippen molar-refractivity contribution in [3.05, 3.63) is 136 Å². The number of hydrogen-bond donors (Lipinski definition) is 1. The second kappa shape index (κ2) is 11.7. The lowest BCUT2D eigenvalue weighted by Gasteiger charge is -2.13. The lowest BCUT2D eigenvalue weighted by molar-refractivity contribution is -0.111. The number of nitrogens with zero attached hydrogens (tertiary/aromatic N) is 3. The van der Waals surface area contributed by atoms with Crippen LogP contribution in [-0.2, 0) is 17.6 Å². The Morgan fingerprint density at radius 1 is 0.923 bits per heavy atom. The minimum atomic E-state index is -0.256. The fourth-order valence-electron chi connectivity index (χ4n) is 4.53. The monoisotopic (exact) mass is 514 g/mol. The average molecular weight is 515 g/mol. The number of hydrogen-bond acceptors (Lipinski definition) is 4. The fourth-order valence-corrected chi connectivity index (χ4v) is 4.53. The number of pyridine rings is 1. The number of nitrogens with one attached hydrogen (secondary N) is 1. The molecule has 0 fully saturated rings.